The summed E-state index contributed by atoms with van der Waals surface area (Å²) < 4.78 is 0. The zero-order valence-electron chi connectivity index (χ0n) is 11.6. The first kappa shape index (κ1) is 14.3. The minimum Gasteiger partial charge on any atom is -0.370 e. The maximum atomic E-state index is 5.85. The van der Waals surface area contributed by atoms with Crippen LogP contribution in [-0.4, -0.2) is 43.1 Å². The van der Waals surface area contributed by atoms with Crippen LogP contribution in [0.25, 0.3) is 0 Å². The predicted molar refractivity (Wildman–Crippen MR) is 74.2 cm³/mol. The van der Waals surface area contributed by atoms with E-state index in [0.29, 0.717) is 17.9 Å². The van der Waals surface area contributed by atoms with Gasteiger partial charge in [-0.1, -0.05) is 27.2 Å². The van der Waals surface area contributed by atoms with Gasteiger partial charge in [0.15, 0.2) is 5.96 Å². The SMILES string of the molecule is CCN1CCCCC1CNC(N)=NCC(C)C. The fraction of sp³-hybridized carbons (Fsp3) is 0.923. The normalized spacial score (nSPS) is 23.1. The summed E-state index contributed by atoms with van der Waals surface area (Å²) in [6.07, 6.45) is 3.95. The van der Waals surface area contributed by atoms with Crippen molar-refractivity contribution in [2.75, 3.05) is 26.2 Å². The highest BCUT2D eigenvalue weighted by atomic mass is 15.2. The smallest absolute Gasteiger partial charge is 0.188 e. The Balaban J connectivity index is 2.30. The number of rotatable bonds is 5. The Morgan fingerprint density at radius 1 is 1.47 bits per heavy atom. The maximum absolute atomic E-state index is 5.85. The summed E-state index contributed by atoms with van der Waals surface area (Å²) in [6.45, 7) is 10.6. The molecule has 0 spiro atoms. The Labute approximate surface area is 106 Å². The van der Waals surface area contributed by atoms with Crippen LogP contribution >= 0.6 is 0 Å². The molecule has 1 rings (SSSR count). The third-order valence-corrected chi connectivity index (χ3v) is 3.30. The zero-order chi connectivity index (χ0) is 12.7. The second-order valence-corrected chi connectivity index (χ2v) is 5.28. The van der Waals surface area contributed by atoms with E-state index in [0.717, 1.165) is 19.6 Å². The molecule has 1 aliphatic rings. The fourth-order valence-corrected chi connectivity index (χ4v) is 2.27. The van der Waals surface area contributed by atoms with Crippen molar-refractivity contribution in [2.24, 2.45) is 16.6 Å². The Kier molecular flexibility index (Phi) is 6.34. The number of likely N-dealkylation sites (tertiary alicyclic amines) is 1. The number of hydrogen-bond acceptors (Lipinski definition) is 2. The number of aliphatic imine (C=N–C) groups is 1. The molecule has 4 heteroatoms. The van der Waals surface area contributed by atoms with Gasteiger partial charge >= 0.3 is 0 Å². The van der Waals surface area contributed by atoms with Crippen LogP contribution in [0.5, 0.6) is 0 Å². The van der Waals surface area contributed by atoms with E-state index >= 15 is 0 Å². The van der Waals surface area contributed by atoms with Crippen LogP contribution in [0.2, 0.25) is 0 Å². The van der Waals surface area contributed by atoms with Gasteiger partial charge in [-0.15, -0.1) is 0 Å². The van der Waals surface area contributed by atoms with Crippen molar-refractivity contribution in [3.63, 3.8) is 0 Å². The maximum Gasteiger partial charge on any atom is 0.188 e. The van der Waals surface area contributed by atoms with Crippen molar-refractivity contribution in [1.82, 2.24) is 10.2 Å². The third kappa shape index (κ3) is 5.39. The minimum absolute atomic E-state index is 0.567. The molecule has 4 nitrogen and oxygen atoms in total. The highest BCUT2D eigenvalue weighted by molar-refractivity contribution is 5.77. The van der Waals surface area contributed by atoms with E-state index in [2.05, 4.69) is 36.0 Å². The van der Waals surface area contributed by atoms with Crippen LogP contribution in [0.3, 0.4) is 0 Å². The number of nitrogens with one attached hydrogen (secondary N) is 1. The molecular formula is C13H28N4. The summed E-state index contributed by atoms with van der Waals surface area (Å²) in [7, 11) is 0. The van der Waals surface area contributed by atoms with E-state index in [1.54, 1.807) is 0 Å². The Morgan fingerprint density at radius 3 is 2.88 bits per heavy atom. The van der Waals surface area contributed by atoms with Gasteiger partial charge < -0.3 is 11.1 Å². The second-order valence-electron chi connectivity index (χ2n) is 5.28. The number of nitrogens with zero attached hydrogens (tertiary/aromatic N) is 2. The highest BCUT2D eigenvalue weighted by Crippen LogP contribution is 2.15. The van der Waals surface area contributed by atoms with Gasteiger partial charge in [-0.05, 0) is 31.8 Å². The van der Waals surface area contributed by atoms with Gasteiger partial charge in [0.1, 0.15) is 0 Å². The van der Waals surface area contributed by atoms with E-state index < -0.39 is 0 Å². The lowest BCUT2D eigenvalue weighted by atomic mass is 10.0. The number of piperidine rings is 1. The first-order valence-electron chi connectivity index (χ1n) is 6.91. The van der Waals surface area contributed by atoms with Gasteiger partial charge in [-0.2, -0.15) is 0 Å². The lowest BCUT2D eigenvalue weighted by molar-refractivity contribution is 0.157. The summed E-state index contributed by atoms with van der Waals surface area (Å²) in [6, 6.07) is 0.626. The van der Waals surface area contributed by atoms with Crippen molar-refractivity contribution < 1.29 is 0 Å². The van der Waals surface area contributed by atoms with Crippen LogP contribution in [0.4, 0.5) is 0 Å². The molecule has 3 N–H and O–H groups in total. The second kappa shape index (κ2) is 7.54. The molecule has 1 aliphatic heterocycles. The number of hydrogen-bond donors (Lipinski definition) is 2. The molecule has 0 bridgehead atoms. The largest absolute Gasteiger partial charge is 0.370 e. The summed E-state index contributed by atoms with van der Waals surface area (Å²) in [5.41, 5.74) is 5.85. The van der Waals surface area contributed by atoms with Crippen molar-refractivity contribution in [3.05, 3.63) is 0 Å². The lowest BCUT2D eigenvalue weighted by Crippen LogP contribution is -2.48. The predicted octanol–water partition coefficient (Wildman–Crippen LogP) is 1.42. The quantitative estimate of drug-likeness (QED) is 0.564. The van der Waals surface area contributed by atoms with Gasteiger partial charge in [0.25, 0.3) is 0 Å². The summed E-state index contributed by atoms with van der Waals surface area (Å²) >= 11 is 0. The molecule has 0 aliphatic carbocycles. The van der Waals surface area contributed by atoms with Crippen molar-refractivity contribution >= 4 is 5.96 Å². The summed E-state index contributed by atoms with van der Waals surface area (Å²) in [5.74, 6) is 1.16. The van der Waals surface area contributed by atoms with Gasteiger partial charge in [0, 0.05) is 19.1 Å². The third-order valence-electron chi connectivity index (χ3n) is 3.30. The number of guanidine groups is 1. The van der Waals surface area contributed by atoms with Gasteiger partial charge in [-0.3, -0.25) is 9.89 Å². The molecular weight excluding hydrogens is 212 g/mol. The van der Waals surface area contributed by atoms with Crippen LogP contribution in [0.15, 0.2) is 4.99 Å². The molecule has 0 radical (unpaired) electrons. The topological polar surface area (TPSA) is 53.6 Å². The monoisotopic (exact) mass is 240 g/mol. The first-order valence-corrected chi connectivity index (χ1v) is 6.91. The molecule has 1 unspecified atom stereocenters. The first-order chi connectivity index (χ1) is 8.13. The average molecular weight is 240 g/mol. The van der Waals surface area contributed by atoms with Crippen molar-refractivity contribution in [2.45, 2.75) is 46.1 Å². The molecule has 1 heterocycles. The fourth-order valence-electron chi connectivity index (χ4n) is 2.27. The minimum atomic E-state index is 0.567. The van der Waals surface area contributed by atoms with E-state index in [1.165, 1.54) is 25.8 Å². The van der Waals surface area contributed by atoms with Crippen LogP contribution in [-0.2, 0) is 0 Å². The van der Waals surface area contributed by atoms with Gasteiger partial charge in [0.2, 0.25) is 0 Å². The number of likely N-dealkylation sites (N-methyl/N-ethyl adjacent to an activating group) is 1. The molecule has 1 atom stereocenters. The van der Waals surface area contributed by atoms with E-state index in [9.17, 15) is 0 Å². The average Bonchev–Trinajstić information content (AvgIpc) is 2.34. The summed E-state index contributed by atoms with van der Waals surface area (Å²) in [5, 5.41) is 3.26. The van der Waals surface area contributed by atoms with Crippen LogP contribution < -0.4 is 11.1 Å². The van der Waals surface area contributed by atoms with Crippen molar-refractivity contribution in [1.29, 1.82) is 0 Å². The molecule has 0 aromatic rings. The lowest BCUT2D eigenvalue weighted by Gasteiger charge is -2.35. The highest BCUT2D eigenvalue weighted by Gasteiger charge is 2.20. The Bertz CT molecular complexity index is 238. The van der Waals surface area contributed by atoms with E-state index in [4.69, 9.17) is 5.73 Å². The van der Waals surface area contributed by atoms with E-state index in [1.807, 2.05) is 0 Å². The molecule has 17 heavy (non-hydrogen) atoms. The summed E-state index contributed by atoms with van der Waals surface area (Å²) in [4.78, 5) is 6.86. The van der Waals surface area contributed by atoms with Gasteiger partial charge in [-0.25, -0.2) is 0 Å². The Hall–Kier alpha value is -0.770. The standard InChI is InChI=1S/C13H28N4/c1-4-17-8-6-5-7-12(17)10-16-13(14)15-9-11(2)3/h11-12H,4-10H2,1-3H3,(H3,14,15,16). The van der Waals surface area contributed by atoms with Crippen molar-refractivity contribution in [3.8, 4) is 0 Å². The Morgan fingerprint density at radius 2 is 2.24 bits per heavy atom. The molecule has 1 fully saturated rings. The van der Waals surface area contributed by atoms with Gasteiger partial charge in [0.05, 0.1) is 0 Å². The molecule has 100 valence electrons. The van der Waals surface area contributed by atoms with Crippen LogP contribution in [0, 0.1) is 5.92 Å². The molecule has 0 amide bonds. The molecule has 0 saturated carbocycles. The van der Waals surface area contributed by atoms with E-state index in [-0.39, 0.29) is 0 Å². The molecule has 0 aromatic carbocycles. The molecule has 1 saturated heterocycles. The zero-order valence-corrected chi connectivity index (χ0v) is 11.6. The van der Waals surface area contributed by atoms with Crippen LogP contribution in [0.1, 0.15) is 40.0 Å². The molecule has 0 aromatic heterocycles. The number of nitrogens with two attached hydrogens (primary N) is 1.